The van der Waals surface area contributed by atoms with Crippen molar-refractivity contribution in [3.8, 4) is 11.3 Å². The summed E-state index contributed by atoms with van der Waals surface area (Å²) in [6, 6.07) is 15.0. The smallest absolute Gasteiger partial charge is 0.305 e. The molecular formula is C19H15F2N3O2S. The first-order valence-electron chi connectivity index (χ1n) is 7.96. The first-order valence-corrected chi connectivity index (χ1v) is 8.37. The molecule has 2 aromatic carbocycles. The summed E-state index contributed by atoms with van der Waals surface area (Å²) in [4.78, 5) is 12.1. The minimum absolute atomic E-state index is 0.00193. The van der Waals surface area contributed by atoms with Crippen molar-refractivity contribution in [3.05, 3.63) is 83.6 Å². The molecule has 1 aromatic heterocycles. The molecule has 0 saturated carbocycles. The first kappa shape index (κ1) is 18.5. The second-order valence-corrected chi connectivity index (χ2v) is 5.94. The van der Waals surface area contributed by atoms with Crippen LogP contribution in [0.4, 0.5) is 8.78 Å². The predicted octanol–water partition coefficient (Wildman–Crippen LogP) is 3.53. The molecule has 0 atom stereocenters. The number of furan rings is 1. The lowest BCUT2D eigenvalue weighted by molar-refractivity contribution is 0.0916. The molecule has 3 N–H and O–H groups in total. The van der Waals surface area contributed by atoms with E-state index in [9.17, 15) is 13.6 Å². The minimum atomic E-state index is -0.566. The molecule has 138 valence electrons. The summed E-state index contributed by atoms with van der Waals surface area (Å²) in [5.74, 6) is -1.08. The van der Waals surface area contributed by atoms with Gasteiger partial charge in [-0.15, -0.1) is 0 Å². The number of hydrazine groups is 1. The van der Waals surface area contributed by atoms with Crippen molar-refractivity contribution < 1.29 is 18.0 Å². The van der Waals surface area contributed by atoms with E-state index in [4.69, 9.17) is 16.6 Å². The van der Waals surface area contributed by atoms with Gasteiger partial charge in [0.25, 0.3) is 0 Å². The van der Waals surface area contributed by atoms with Gasteiger partial charge in [-0.25, -0.2) is 8.78 Å². The monoisotopic (exact) mass is 387 g/mol. The van der Waals surface area contributed by atoms with Gasteiger partial charge in [0, 0.05) is 6.54 Å². The zero-order valence-corrected chi connectivity index (χ0v) is 14.8. The minimum Gasteiger partial charge on any atom is -0.451 e. The van der Waals surface area contributed by atoms with Crippen molar-refractivity contribution in [2.75, 3.05) is 0 Å². The van der Waals surface area contributed by atoms with Gasteiger partial charge in [0.1, 0.15) is 17.4 Å². The fraction of sp³-hybridized carbons (Fsp3) is 0.0526. The Labute approximate surface area is 159 Å². The molecular weight excluding hydrogens is 372 g/mol. The second kappa shape index (κ2) is 8.41. The highest BCUT2D eigenvalue weighted by atomic mass is 32.1. The van der Waals surface area contributed by atoms with Gasteiger partial charge >= 0.3 is 5.91 Å². The van der Waals surface area contributed by atoms with Crippen molar-refractivity contribution in [3.63, 3.8) is 0 Å². The molecule has 0 unspecified atom stereocenters. The number of rotatable bonds is 4. The maximum absolute atomic E-state index is 13.8. The van der Waals surface area contributed by atoms with Crippen LogP contribution in [0.5, 0.6) is 0 Å². The van der Waals surface area contributed by atoms with E-state index in [0.29, 0.717) is 6.54 Å². The highest BCUT2D eigenvalue weighted by Crippen LogP contribution is 2.24. The third kappa shape index (κ3) is 4.89. The molecule has 0 aliphatic carbocycles. The molecule has 3 rings (SSSR count). The summed E-state index contributed by atoms with van der Waals surface area (Å²) in [5, 5.41) is 3.04. The molecule has 0 radical (unpaired) electrons. The number of carbonyl (C=O) groups excluding carboxylic acids is 1. The number of carbonyl (C=O) groups is 1. The van der Waals surface area contributed by atoms with Crippen LogP contribution in [0.2, 0.25) is 0 Å². The Morgan fingerprint density at radius 1 is 0.963 bits per heavy atom. The summed E-state index contributed by atoms with van der Waals surface area (Å²) in [5.41, 5.74) is 6.01. The third-order valence-corrected chi connectivity index (χ3v) is 3.87. The van der Waals surface area contributed by atoms with Crippen molar-refractivity contribution in [1.82, 2.24) is 16.2 Å². The van der Waals surface area contributed by atoms with E-state index >= 15 is 0 Å². The third-order valence-electron chi connectivity index (χ3n) is 3.62. The number of nitrogens with one attached hydrogen (secondary N) is 3. The Hall–Kier alpha value is -3.26. The van der Waals surface area contributed by atoms with E-state index in [1.54, 1.807) is 30.3 Å². The lowest BCUT2D eigenvalue weighted by Gasteiger charge is -2.10. The van der Waals surface area contributed by atoms with E-state index < -0.39 is 11.7 Å². The summed E-state index contributed by atoms with van der Waals surface area (Å²) >= 11 is 5.05. The molecule has 1 heterocycles. The van der Waals surface area contributed by atoms with E-state index in [2.05, 4.69) is 16.2 Å². The highest BCUT2D eigenvalue weighted by Gasteiger charge is 2.14. The molecule has 3 aromatic rings. The van der Waals surface area contributed by atoms with Gasteiger partial charge in [-0.2, -0.15) is 0 Å². The van der Waals surface area contributed by atoms with Crippen LogP contribution in [0.1, 0.15) is 16.1 Å². The van der Waals surface area contributed by atoms with Crippen LogP contribution in [0, 0.1) is 11.6 Å². The molecule has 5 nitrogen and oxygen atoms in total. The molecule has 27 heavy (non-hydrogen) atoms. The van der Waals surface area contributed by atoms with E-state index in [-0.39, 0.29) is 28.0 Å². The van der Waals surface area contributed by atoms with Crippen molar-refractivity contribution in [2.24, 2.45) is 0 Å². The molecule has 0 aliphatic rings. The Bertz CT molecular complexity index is 958. The number of halogens is 2. The van der Waals surface area contributed by atoms with Gasteiger partial charge in [0.2, 0.25) is 0 Å². The van der Waals surface area contributed by atoms with Gasteiger partial charge in [-0.05, 0) is 54.2 Å². The van der Waals surface area contributed by atoms with Crippen molar-refractivity contribution in [2.45, 2.75) is 6.54 Å². The van der Waals surface area contributed by atoms with Crippen molar-refractivity contribution >= 4 is 23.2 Å². The van der Waals surface area contributed by atoms with Crippen LogP contribution < -0.4 is 16.2 Å². The summed E-state index contributed by atoms with van der Waals surface area (Å²) in [7, 11) is 0. The lowest BCUT2D eigenvalue weighted by atomic mass is 10.1. The SMILES string of the molecule is O=C(NNC(=S)NCc1ccc(F)cc1)c1ccc(-c2ccccc2F)o1. The zero-order chi connectivity index (χ0) is 19.2. The number of thiocarbonyl (C=S) groups is 1. The lowest BCUT2D eigenvalue weighted by Crippen LogP contribution is -2.46. The number of hydrogen-bond acceptors (Lipinski definition) is 3. The highest BCUT2D eigenvalue weighted by molar-refractivity contribution is 7.80. The van der Waals surface area contributed by atoms with Crippen LogP contribution in [0.15, 0.2) is 65.1 Å². The van der Waals surface area contributed by atoms with Crippen LogP contribution in [-0.4, -0.2) is 11.0 Å². The number of benzene rings is 2. The van der Waals surface area contributed by atoms with Crippen molar-refractivity contribution in [1.29, 1.82) is 0 Å². The van der Waals surface area contributed by atoms with Crippen LogP contribution in [0.25, 0.3) is 11.3 Å². The number of amides is 1. The van der Waals surface area contributed by atoms with Crippen LogP contribution in [-0.2, 0) is 6.54 Å². The van der Waals surface area contributed by atoms with Crippen LogP contribution >= 0.6 is 12.2 Å². The van der Waals surface area contributed by atoms with E-state index in [0.717, 1.165) is 5.56 Å². The summed E-state index contributed by atoms with van der Waals surface area (Å²) in [6.07, 6.45) is 0. The molecule has 0 aliphatic heterocycles. The average molecular weight is 387 g/mol. The topological polar surface area (TPSA) is 66.3 Å². The molecule has 8 heteroatoms. The molecule has 0 fully saturated rings. The second-order valence-electron chi connectivity index (χ2n) is 5.53. The Morgan fingerprint density at radius 3 is 2.44 bits per heavy atom. The fourth-order valence-electron chi connectivity index (χ4n) is 2.27. The molecule has 0 spiro atoms. The average Bonchev–Trinajstić information content (AvgIpc) is 3.16. The maximum atomic E-state index is 13.8. The Kier molecular flexibility index (Phi) is 5.77. The molecule has 1 amide bonds. The standard InChI is InChI=1S/C19H15F2N3O2S/c20-13-7-5-12(6-8-13)11-22-19(27)24-23-18(25)17-10-9-16(26-17)14-3-1-2-4-15(14)21/h1-10H,11H2,(H,23,25)(H2,22,24,27). The zero-order valence-electron chi connectivity index (χ0n) is 14.0. The first-order chi connectivity index (χ1) is 13.0. The summed E-state index contributed by atoms with van der Waals surface area (Å²) in [6.45, 7) is 0.361. The van der Waals surface area contributed by atoms with E-state index in [1.165, 1.54) is 30.3 Å². The van der Waals surface area contributed by atoms with Gasteiger partial charge in [0.05, 0.1) is 5.56 Å². The fourth-order valence-corrected chi connectivity index (χ4v) is 2.39. The maximum Gasteiger partial charge on any atom is 0.305 e. The Morgan fingerprint density at radius 2 is 1.70 bits per heavy atom. The number of hydrogen-bond donors (Lipinski definition) is 3. The predicted molar refractivity (Wildman–Crippen MR) is 101 cm³/mol. The largest absolute Gasteiger partial charge is 0.451 e. The van der Waals surface area contributed by atoms with E-state index in [1.807, 2.05) is 0 Å². The van der Waals surface area contributed by atoms with Gasteiger partial charge < -0.3 is 9.73 Å². The van der Waals surface area contributed by atoms with Gasteiger partial charge in [0.15, 0.2) is 10.9 Å². The summed E-state index contributed by atoms with van der Waals surface area (Å²) < 4.78 is 32.0. The normalized spacial score (nSPS) is 10.3. The quantitative estimate of drug-likeness (QED) is 0.472. The molecule has 0 bridgehead atoms. The van der Waals surface area contributed by atoms with Gasteiger partial charge in [-0.3, -0.25) is 15.6 Å². The van der Waals surface area contributed by atoms with Gasteiger partial charge in [-0.1, -0.05) is 24.3 Å². The molecule has 0 saturated heterocycles. The Balaban J connectivity index is 1.51. The van der Waals surface area contributed by atoms with Crippen LogP contribution in [0.3, 0.4) is 0 Å².